The van der Waals surface area contributed by atoms with Crippen molar-refractivity contribution in [2.24, 2.45) is 11.8 Å². The standard InChI is InChI=1S/C7H9BCl2/c9-8(10)7-4-5-1-2-6(7)3-5/h1-2,5-7H,3-4H2/t5-,6+,7?/m0/s1. The van der Waals surface area contributed by atoms with E-state index in [9.17, 15) is 0 Å². The van der Waals surface area contributed by atoms with Crippen molar-refractivity contribution < 1.29 is 0 Å². The molecule has 10 heavy (non-hydrogen) atoms. The first-order valence-electron chi connectivity index (χ1n) is 3.74. The van der Waals surface area contributed by atoms with Crippen molar-refractivity contribution in [3.8, 4) is 0 Å². The molecule has 0 heterocycles. The van der Waals surface area contributed by atoms with Crippen LogP contribution in [0.25, 0.3) is 0 Å². The van der Waals surface area contributed by atoms with Crippen LogP contribution in [0.2, 0.25) is 5.82 Å². The molecule has 0 aromatic heterocycles. The van der Waals surface area contributed by atoms with Gasteiger partial charge in [-0.3, -0.25) is 0 Å². The smallest absolute Gasteiger partial charge is 0.171 e. The predicted molar refractivity (Wildman–Crippen MR) is 46.6 cm³/mol. The molecule has 1 fully saturated rings. The van der Waals surface area contributed by atoms with Crippen LogP contribution < -0.4 is 0 Å². The fourth-order valence-corrected chi connectivity index (χ4v) is 2.69. The summed E-state index contributed by atoms with van der Waals surface area (Å²) < 4.78 is 0. The van der Waals surface area contributed by atoms with Crippen LogP contribution in [-0.2, 0) is 0 Å². The molecule has 1 unspecified atom stereocenters. The SMILES string of the molecule is ClB(Cl)C1C[C@H]2C=C[C@@H]1C2. The molecule has 0 aliphatic heterocycles. The molecule has 3 heteroatoms. The van der Waals surface area contributed by atoms with Crippen LogP contribution in [0.5, 0.6) is 0 Å². The number of halogens is 2. The summed E-state index contributed by atoms with van der Waals surface area (Å²) in [5.41, 5.74) is -0.153. The summed E-state index contributed by atoms with van der Waals surface area (Å²) in [6, 6.07) is 0. The molecule has 2 bridgehead atoms. The Morgan fingerprint density at radius 1 is 1.20 bits per heavy atom. The van der Waals surface area contributed by atoms with E-state index < -0.39 is 0 Å². The van der Waals surface area contributed by atoms with E-state index in [0.29, 0.717) is 11.7 Å². The molecule has 0 aromatic rings. The van der Waals surface area contributed by atoms with Crippen molar-refractivity contribution in [3.63, 3.8) is 0 Å². The third kappa shape index (κ3) is 1.000. The minimum atomic E-state index is -0.153. The molecular weight excluding hydrogens is 166 g/mol. The average molecular weight is 175 g/mol. The molecule has 1 saturated carbocycles. The lowest BCUT2D eigenvalue weighted by molar-refractivity contribution is 0.690. The molecule has 0 amide bonds. The van der Waals surface area contributed by atoms with E-state index in [1.807, 2.05) is 0 Å². The van der Waals surface area contributed by atoms with Crippen molar-refractivity contribution in [3.05, 3.63) is 12.2 Å². The Kier molecular flexibility index (Phi) is 1.73. The Bertz CT molecular complexity index is 167. The molecule has 2 aliphatic carbocycles. The summed E-state index contributed by atoms with van der Waals surface area (Å²) in [6.07, 6.45) is 7.08. The molecule has 54 valence electrons. The van der Waals surface area contributed by atoms with Crippen molar-refractivity contribution >= 4 is 28.5 Å². The lowest BCUT2D eigenvalue weighted by Gasteiger charge is -2.15. The Hall–Kier alpha value is 0.385. The Labute approximate surface area is 71.5 Å². The van der Waals surface area contributed by atoms with Gasteiger partial charge < -0.3 is 0 Å². The van der Waals surface area contributed by atoms with Crippen molar-refractivity contribution in [1.29, 1.82) is 0 Å². The topological polar surface area (TPSA) is 0 Å². The van der Waals surface area contributed by atoms with Crippen LogP contribution in [0, 0.1) is 11.8 Å². The normalized spacial score (nSPS) is 42.8. The molecule has 0 aromatic carbocycles. The fourth-order valence-electron chi connectivity index (χ4n) is 2.11. The van der Waals surface area contributed by atoms with Gasteiger partial charge in [-0.1, -0.05) is 12.2 Å². The van der Waals surface area contributed by atoms with E-state index in [1.165, 1.54) is 12.8 Å². The van der Waals surface area contributed by atoms with E-state index in [-0.39, 0.29) is 5.54 Å². The Morgan fingerprint density at radius 2 is 2.00 bits per heavy atom. The molecule has 0 spiro atoms. The highest BCUT2D eigenvalue weighted by Gasteiger charge is 2.40. The summed E-state index contributed by atoms with van der Waals surface area (Å²) in [5.74, 6) is 2.01. The molecule has 0 N–H and O–H groups in total. The van der Waals surface area contributed by atoms with Crippen molar-refractivity contribution in [2.75, 3.05) is 0 Å². The first-order valence-corrected chi connectivity index (χ1v) is 4.61. The van der Waals surface area contributed by atoms with Gasteiger partial charge in [0, 0.05) is 0 Å². The largest absolute Gasteiger partial charge is 0.355 e. The monoisotopic (exact) mass is 174 g/mol. The van der Waals surface area contributed by atoms with Gasteiger partial charge in [0.2, 0.25) is 0 Å². The fraction of sp³-hybridized carbons (Fsp3) is 0.714. The van der Waals surface area contributed by atoms with Crippen LogP contribution in [0.3, 0.4) is 0 Å². The zero-order valence-corrected chi connectivity index (χ0v) is 7.15. The molecule has 2 aliphatic rings. The van der Waals surface area contributed by atoms with Gasteiger partial charge in [0.15, 0.2) is 0 Å². The molecule has 0 saturated heterocycles. The molecule has 3 atom stereocenters. The minimum Gasteiger partial charge on any atom is -0.171 e. The van der Waals surface area contributed by atoms with Crippen LogP contribution in [0.4, 0.5) is 0 Å². The summed E-state index contributed by atoms with van der Waals surface area (Å²) in [6.45, 7) is 0. The van der Waals surface area contributed by atoms with Gasteiger partial charge in [0.1, 0.15) is 0 Å². The second kappa shape index (κ2) is 2.46. The van der Waals surface area contributed by atoms with Crippen LogP contribution in [0.15, 0.2) is 12.2 Å². The lowest BCUT2D eigenvalue weighted by atomic mass is 9.75. The average Bonchev–Trinajstić information content (AvgIpc) is 2.44. The maximum absolute atomic E-state index is 5.81. The number of fused-ring (bicyclic) bond motifs is 2. The third-order valence-electron chi connectivity index (χ3n) is 2.65. The summed E-state index contributed by atoms with van der Waals surface area (Å²) in [7, 11) is 0. The number of hydrogen-bond acceptors (Lipinski definition) is 0. The third-order valence-corrected chi connectivity index (χ3v) is 3.30. The van der Waals surface area contributed by atoms with Gasteiger partial charge in [0.25, 0.3) is 0 Å². The van der Waals surface area contributed by atoms with E-state index in [0.717, 1.165) is 5.92 Å². The Morgan fingerprint density at radius 3 is 2.30 bits per heavy atom. The Balaban J connectivity index is 2.09. The highest BCUT2D eigenvalue weighted by molar-refractivity contribution is 7.34. The van der Waals surface area contributed by atoms with Crippen LogP contribution >= 0.6 is 22.9 Å². The summed E-state index contributed by atoms with van der Waals surface area (Å²) in [5, 5.41) is 0. The number of rotatable bonds is 1. The van der Waals surface area contributed by atoms with Crippen LogP contribution in [0.1, 0.15) is 12.8 Å². The molecule has 0 nitrogen and oxygen atoms in total. The van der Waals surface area contributed by atoms with Gasteiger partial charge in [-0.05, 0) is 30.5 Å². The zero-order chi connectivity index (χ0) is 7.14. The van der Waals surface area contributed by atoms with E-state index in [1.54, 1.807) is 0 Å². The second-order valence-corrected chi connectivity index (χ2v) is 4.44. The van der Waals surface area contributed by atoms with Gasteiger partial charge >= 0.3 is 5.54 Å². The second-order valence-electron chi connectivity index (χ2n) is 3.28. The predicted octanol–water partition coefficient (Wildman–Crippen LogP) is 2.92. The van der Waals surface area contributed by atoms with Crippen molar-refractivity contribution in [2.45, 2.75) is 18.7 Å². The van der Waals surface area contributed by atoms with E-state index >= 15 is 0 Å². The molecule has 2 rings (SSSR count). The summed E-state index contributed by atoms with van der Waals surface area (Å²) >= 11 is 11.6. The zero-order valence-electron chi connectivity index (χ0n) is 5.63. The summed E-state index contributed by atoms with van der Waals surface area (Å²) in [4.78, 5) is 0. The lowest BCUT2D eigenvalue weighted by Crippen LogP contribution is -2.11. The van der Waals surface area contributed by atoms with Gasteiger partial charge in [-0.2, -0.15) is 22.9 Å². The maximum atomic E-state index is 5.81. The molecular formula is C7H9BCl2. The number of allylic oxidation sites excluding steroid dienone is 2. The number of hydrogen-bond donors (Lipinski definition) is 0. The quantitative estimate of drug-likeness (QED) is 0.424. The van der Waals surface area contributed by atoms with Gasteiger partial charge in [-0.15, -0.1) is 0 Å². The van der Waals surface area contributed by atoms with Gasteiger partial charge in [0.05, 0.1) is 0 Å². The highest BCUT2D eigenvalue weighted by atomic mass is 35.5. The van der Waals surface area contributed by atoms with Crippen molar-refractivity contribution in [1.82, 2.24) is 0 Å². The van der Waals surface area contributed by atoms with E-state index in [2.05, 4.69) is 12.2 Å². The van der Waals surface area contributed by atoms with Crippen LogP contribution in [-0.4, -0.2) is 5.54 Å². The first kappa shape index (κ1) is 7.06. The highest BCUT2D eigenvalue weighted by Crippen LogP contribution is 2.49. The minimum absolute atomic E-state index is 0.153. The van der Waals surface area contributed by atoms with Gasteiger partial charge in [-0.25, -0.2) is 0 Å². The maximum Gasteiger partial charge on any atom is 0.355 e. The molecule has 0 radical (unpaired) electrons. The first-order chi connectivity index (χ1) is 4.77. The van der Waals surface area contributed by atoms with E-state index in [4.69, 9.17) is 22.9 Å².